The van der Waals surface area contributed by atoms with E-state index < -0.39 is 23.4 Å². The minimum Gasteiger partial charge on any atom is -0.274 e. The highest BCUT2D eigenvalue weighted by atomic mass is 32.1. The minimum atomic E-state index is -1.02. The Morgan fingerprint density at radius 1 is 0.526 bits per heavy atom. The van der Waals surface area contributed by atoms with Gasteiger partial charge >= 0.3 is 0 Å². The van der Waals surface area contributed by atoms with Crippen LogP contribution in [0.5, 0.6) is 0 Å². The average molecular weight is 852 g/mol. The van der Waals surface area contributed by atoms with Gasteiger partial charge in [0.05, 0.1) is 11.1 Å². The molecule has 57 heavy (non-hydrogen) atoms. The molecule has 0 radical (unpaired) electrons. The van der Waals surface area contributed by atoms with Gasteiger partial charge in [-0.1, -0.05) is 130 Å². The molecule has 1 atom stereocenters. The van der Waals surface area contributed by atoms with Gasteiger partial charge in [-0.25, -0.2) is 8.78 Å². The molecule has 0 N–H and O–H groups in total. The zero-order valence-electron chi connectivity index (χ0n) is 34.8. The van der Waals surface area contributed by atoms with Gasteiger partial charge in [-0.2, -0.15) is 0 Å². The summed E-state index contributed by atoms with van der Waals surface area (Å²) in [6.07, 6.45) is 24.8. The van der Waals surface area contributed by atoms with Crippen LogP contribution in [-0.4, -0.2) is 23.3 Å². The number of aryl methyl sites for hydroxylation is 2. The van der Waals surface area contributed by atoms with Crippen molar-refractivity contribution in [3.05, 3.63) is 56.8 Å². The first kappa shape index (κ1) is 44.1. The van der Waals surface area contributed by atoms with Crippen molar-refractivity contribution in [2.75, 3.05) is 6.54 Å². The molecule has 0 aliphatic carbocycles. The maximum absolute atomic E-state index is 17.0. The van der Waals surface area contributed by atoms with E-state index in [0.29, 0.717) is 9.75 Å². The second-order valence-corrected chi connectivity index (χ2v) is 20.3. The lowest BCUT2D eigenvalue weighted by atomic mass is 9.94. The van der Waals surface area contributed by atoms with Gasteiger partial charge in [0, 0.05) is 46.2 Å². The largest absolute Gasteiger partial charge is 0.274 e. The van der Waals surface area contributed by atoms with Crippen LogP contribution in [0.1, 0.15) is 188 Å². The van der Waals surface area contributed by atoms with E-state index in [-0.39, 0.29) is 34.7 Å². The van der Waals surface area contributed by atoms with Crippen LogP contribution in [0.15, 0.2) is 22.9 Å². The van der Waals surface area contributed by atoms with Crippen LogP contribution in [0.2, 0.25) is 0 Å². The lowest BCUT2D eigenvalue weighted by molar-refractivity contribution is 0.0622. The smallest absolute Gasteiger partial charge is 0.262 e. The maximum Gasteiger partial charge on any atom is 0.262 e. The van der Waals surface area contributed by atoms with E-state index in [0.717, 1.165) is 95.8 Å². The molecule has 0 saturated carbocycles. The molecule has 0 fully saturated rings. The van der Waals surface area contributed by atoms with Gasteiger partial charge in [0.1, 0.15) is 0 Å². The average Bonchev–Trinajstić information content (AvgIpc) is 4.02. The second-order valence-electron chi connectivity index (χ2n) is 16.4. The highest BCUT2D eigenvalue weighted by molar-refractivity contribution is 7.29. The number of fused-ring (bicyclic) bond motifs is 3. The van der Waals surface area contributed by atoms with Gasteiger partial charge in [0.15, 0.2) is 11.6 Å². The van der Waals surface area contributed by atoms with Crippen LogP contribution < -0.4 is 0 Å². The molecule has 4 aromatic heterocycles. The van der Waals surface area contributed by atoms with Gasteiger partial charge in [-0.15, -0.1) is 45.3 Å². The van der Waals surface area contributed by atoms with Gasteiger partial charge in [-0.3, -0.25) is 14.5 Å². The summed E-state index contributed by atoms with van der Waals surface area (Å²) in [4.78, 5) is 31.8. The molecule has 9 heteroatoms. The zero-order valence-corrected chi connectivity index (χ0v) is 38.1. The van der Waals surface area contributed by atoms with E-state index in [1.165, 1.54) is 103 Å². The van der Waals surface area contributed by atoms with E-state index in [9.17, 15) is 9.59 Å². The van der Waals surface area contributed by atoms with E-state index in [4.69, 9.17) is 0 Å². The van der Waals surface area contributed by atoms with Crippen molar-refractivity contribution in [1.82, 2.24) is 4.90 Å². The fraction of sp³-hybridized carbons (Fsp3) is 0.583. The first-order valence-electron chi connectivity index (χ1n) is 22.2. The van der Waals surface area contributed by atoms with Crippen molar-refractivity contribution >= 4 is 76.0 Å². The molecule has 0 spiro atoms. The first-order valence-corrected chi connectivity index (χ1v) is 25.6. The lowest BCUT2D eigenvalue weighted by Crippen LogP contribution is -2.34. The van der Waals surface area contributed by atoms with Crippen LogP contribution in [0.4, 0.5) is 8.78 Å². The Labute approximate surface area is 356 Å². The standard InChI is InChI=1S/C48H63F2NO2S4/c1-5-9-13-16-18-21-25-33-30-54-37-27-35(56-45(33)37)39-41-42(48(53)51(47(41)52)29-32(23-12-8-4)24-20-15-11-7-3)40(44(50)43(39)49)36-28-38-46(57-36)34(31-55-38)26-22-19-17-14-10-6-2/h27-28,30-32H,5-26,29H2,1-4H3. The fourth-order valence-corrected chi connectivity index (χ4v) is 13.6. The van der Waals surface area contributed by atoms with Gasteiger partial charge < -0.3 is 0 Å². The van der Waals surface area contributed by atoms with Crippen LogP contribution in [0, 0.1) is 17.6 Å². The molecule has 1 aliphatic rings. The number of carbonyl (C=O) groups is 2. The first-order chi connectivity index (χ1) is 27.8. The highest BCUT2D eigenvalue weighted by Gasteiger charge is 2.44. The molecule has 0 bridgehead atoms. The second kappa shape index (κ2) is 21.7. The minimum absolute atomic E-state index is 0.0406. The highest BCUT2D eigenvalue weighted by Crippen LogP contribution is 2.50. The number of hydrogen-bond acceptors (Lipinski definition) is 6. The Morgan fingerprint density at radius 2 is 0.930 bits per heavy atom. The summed E-state index contributed by atoms with van der Waals surface area (Å²) in [5.41, 5.74) is 2.48. The topological polar surface area (TPSA) is 37.4 Å². The predicted octanol–water partition coefficient (Wildman–Crippen LogP) is 17.0. The summed E-state index contributed by atoms with van der Waals surface area (Å²) in [5.74, 6) is -2.86. The number of benzene rings is 1. The van der Waals surface area contributed by atoms with Crippen molar-refractivity contribution in [3.8, 4) is 20.9 Å². The molecule has 3 nitrogen and oxygen atoms in total. The third-order valence-corrected chi connectivity index (χ3v) is 16.6. The van der Waals surface area contributed by atoms with Crippen molar-refractivity contribution in [3.63, 3.8) is 0 Å². The maximum atomic E-state index is 17.0. The molecular formula is C48H63F2NO2S4. The van der Waals surface area contributed by atoms with E-state index in [2.05, 4.69) is 38.5 Å². The van der Waals surface area contributed by atoms with Gasteiger partial charge in [0.25, 0.3) is 11.8 Å². The van der Waals surface area contributed by atoms with E-state index in [1.807, 2.05) is 12.1 Å². The number of rotatable bonds is 26. The monoisotopic (exact) mass is 851 g/mol. The summed E-state index contributed by atoms with van der Waals surface area (Å²) < 4.78 is 38.2. The fourth-order valence-electron chi connectivity index (χ4n) is 8.58. The lowest BCUT2D eigenvalue weighted by Gasteiger charge is -2.22. The Kier molecular flexibility index (Phi) is 16.8. The molecule has 0 saturated heterocycles. The number of hydrogen-bond donors (Lipinski definition) is 0. The quantitative estimate of drug-likeness (QED) is 0.0410. The third-order valence-electron chi connectivity index (χ3n) is 11.9. The molecule has 5 heterocycles. The molecular weight excluding hydrogens is 789 g/mol. The third kappa shape index (κ3) is 10.3. The van der Waals surface area contributed by atoms with Gasteiger partial charge in [-0.05, 0) is 78.5 Å². The van der Waals surface area contributed by atoms with Crippen LogP contribution in [0.3, 0.4) is 0 Å². The van der Waals surface area contributed by atoms with Crippen molar-refractivity contribution < 1.29 is 18.4 Å². The van der Waals surface area contributed by atoms with Crippen molar-refractivity contribution in [2.45, 2.75) is 169 Å². The van der Waals surface area contributed by atoms with E-state index >= 15 is 8.78 Å². The molecule has 1 unspecified atom stereocenters. The van der Waals surface area contributed by atoms with E-state index in [1.54, 1.807) is 22.7 Å². The Bertz CT molecular complexity index is 1950. The van der Waals surface area contributed by atoms with Gasteiger partial charge in [0.2, 0.25) is 0 Å². The number of imide groups is 1. The summed E-state index contributed by atoms with van der Waals surface area (Å²) >= 11 is 6.12. The Hall–Kier alpha value is -2.46. The summed E-state index contributed by atoms with van der Waals surface area (Å²) in [7, 11) is 0. The number of amides is 2. The summed E-state index contributed by atoms with van der Waals surface area (Å²) in [5, 5.41) is 4.38. The number of thiophene rings is 4. The molecule has 2 amide bonds. The summed E-state index contributed by atoms with van der Waals surface area (Å²) in [6.45, 7) is 9.10. The zero-order chi connectivity index (χ0) is 40.3. The Balaban J connectivity index is 1.38. The Morgan fingerprint density at radius 3 is 1.39 bits per heavy atom. The molecule has 5 aromatic rings. The van der Waals surface area contributed by atoms with Crippen LogP contribution in [0.25, 0.3) is 39.7 Å². The number of carbonyl (C=O) groups excluding carboxylic acids is 2. The van der Waals surface area contributed by atoms with Crippen molar-refractivity contribution in [1.29, 1.82) is 0 Å². The number of unbranched alkanes of at least 4 members (excludes halogenated alkanes) is 14. The van der Waals surface area contributed by atoms with Crippen LogP contribution in [-0.2, 0) is 12.8 Å². The summed E-state index contributed by atoms with van der Waals surface area (Å²) in [6, 6.07) is 3.84. The normalized spacial score (nSPS) is 13.6. The van der Waals surface area contributed by atoms with Crippen molar-refractivity contribution in [2.24, 2.45) is 5.92 Å². The number of nitrogens with zero attached hydrogens (tertiary/aromatic N) is 1. The predicted molar refractivity (Wildman–Crippen MR) is 245 cm³/mol. The molecule has 6 rings (SSSR count). The molecule has 1 aliphatic heterocycles. The number of halogens is 2. The van der Waals surface area contributed by atoms with Crippen LogP contribution >= 0.6 is 45.3 Å². The SMILES string of the molecule is CCCCCCCCc1csc2cc(-c3c(F)c(F)c(-c4cc5scc(CCCCCCCC)c5s4)c4c3C(=O)N(CC(CCCC)CCCCCC)C4=O)sc12. The molecule has 1 aromatic carbocycles. The molecule has 310 valence electrons.